The van der Waals surface area contributed by atoms with Crippen molar-refractivity contribution in [2.24, 2.45) is 0 Å². The van der Waals surface area contributed by atoms with Crippen molar-refractivity contribution in [3.8, 4) is 0 Å². The lowest BCUT2D eigenvalue weighted by Gasteiger charge is -2.39. The normalized spacial score (nSPS) is 22.9. The van der Waals surface area contributed by atoms with E-state index in [0.29, 0.717) is 12.1 Å². The largest absolute Gasteiger partial charge is 0.479 e. The monoisotopic (exact) mass is 342 g/mol. The second-order valence-corrected chi connectivity index (χ2v) is 5.45. The highest BCUT2D eigenvalue weighted by atomic mass is 79.9. The van der Waals surface area contributed by atoms with Crippen molar-refractivity contribution < 1.29 is 19.4 Å². The highest BCUT2D eigenvalue weighted by molar-refractivity contribution is 9.10. The molecular weight excluding hydrogens is 328 g/mol. The van der Waals surface area contributed by atoms with Gasteiger partial charge in [0.05, 0.1) is 6.04 Å². The molecule has 6 nitrogen and oxygen atoms in total. The van der Waals surface area contributed by atoms with Crippen LogP contribution in [0.3, 0.4) is 0 Å². The molecule has 2 rings (SSSR count). The molecule has 0 spiro atoms. The van der Waals surface area contributed by atoms with Crippen LogP contribution < -0.4 is 0 Å². The molecule has 1 aliphatic rings. The van der Waals surface area contributed by atoms with Gasteiger partial charge in [-0.2, -0.15) is 0 Å². The SMILES string of the molecule is CCCN1C(=O)COC(C(=O)O)C1c1cncc(Br)c1. The molecule has 0 saturated carbocycles. The average molecular weight is 343 g/mol. The number of hydrogen-bond acceptors (Lipinski definition) is 4. The number of carbonyl (C=O) groups is 2. The molecule has 1 amide bonds. The summed E-state index contributed by atoms with van der Waals surface area (Å²) < 4.78 is 5.93. The van der Waals surface area contributed by atoms with Crippen molar-refractivity contribution in [3.05, 3.63) is 28.5 Å². The number of pyridine rings is 1. The Kier molecular flexibility index (Phi) is 4.72. The third kappa shape index (κ3) is 2.99. The second kappa shape index (κ2) is 6.32. The number of carbonyl (C=O) groups excluding carboxylic acids is 1. The van der Waals surface area contributed by atoms with E-state index in [4.69, 9.17) is 4.74 Å². The Morgan fingerprint density at radius 1 is 1.60 bits per heavy atom. The lowest BCUT2D eigenvalue weighted by Crippen LogP contribution is -2.52. The van der Waals surface area contributed by atoms with E-state index >= 15 is 0 Å². The lowest BCUT2D eigenvalue weighted by atomic mass is 9.99. The molecule has 2 heterocycles. The molecule has 0 bridgehead atoms. The summed E-state index contributed by atoms with van der Waals surface area (Å²) in [5, 5.41) is 9.32. The number of carboxylic acids is 1. The molecule has 20 heavy (non-hydrogen) atoms. The number of rotatable bonds is 4. The summed E-state index contributed by atoms with van der Waals surface area (Å²) in [5.41, 5.74) is 0.647. The van der Waals surface area contributed by atoms with E-state index in [1.165, 1.54) is 0 Å². The Bertz CT molecular complexity index is 523. The predicted molar refractivity (Wildman–Crippen MR) is 74.1 cm³/mol. The van der Waals surface area contributed by atoms with Gasteiger partial charge in [0.15, 0.2) is 6.10 Å². The number of ether oxygens (including phenoxy) is 1. The predicted octanol–water partition coefficient (Wildman–Crippen LogP) is 1.61. The fraction of sp³-hybridized carbons (Fsp3) is 0.462. The third-order valence-electron chi connectivity index (χ3n) is 3.10. The third-order valence-corrected chi connectivity index (χ3v) is 3.54. The van der Waals surface area contributed by atoms with Gasteiger partial charge in [-0.15, -0.1) is 0 Å². The van der Waals surface area contributed by atoms with E-state index in [1.54, 1.807) is 23.4 Å². The van der Waals surface area contributed by atoms with E-state index in [-0.39, 0.29) is 12.5 Å². The number of nitrogens with zero attached hydrogens (tertiary/aromatic N) is 2. The standard InChI is InChI=1S/C13H15BrN2O4/c1-2-3-16-10(17)7-20-12(13(18)19)11(16)8-4-9(14)6-15-5-8/h4-6,11-12H,2-3,7H2,1H3,(H,18,19). The van der Waals surface area contributed by atoms with Gasteiger partial charge in [0.2, 0.25) is 5.91 Å². The smallest absolute Gasteiger partial charge is 0.335 e. The first-order valence-corrected chi connectivity index (χ1v) is 7.08. The molecule has 1 N–H and O–H groups in total. The van der Waals surface area contributed by atoms with Crippen molar-refractivity contribution in [2.75, 3.05) is 13.2 Å². The zero-order chi connectivity index (χ0) is 14.7. The van der Waals surface area contributed by atoms with Gasteiger partial charge < -0.3 is 14.7 Å². The molecule has 1 aliphatic heterocycles. The minimum absolute atomic E-state index is 0.200. The van der Waals surface area contributed by atoms with Gasteiger partial charge in [0.25, 0.3) is 0 Å². The van der Waals surface area contributed by atoms with E-state index in [9.17, 15) is 14.7 Å². The topological polar surface area (TPSA) is 79.7 Å². The van der Waals surface area contributed by atoms with Crippen LogP contribution in [-0.4, -0.2) is 46.1 Å². The summed E-state index contributed by atoms with van der Waals surface area (Å²) in [7, 11) is 0. The maximum atomic E-state index is 12.0. The zero-order valence-corrected chi connectivity index (χ0v) is 12.5. The van der Waals surface area contributed by atoms with Crippen molar-refractivity contribution in [3.63, 3.8) is 0 Å². The van der Waals surface area contributed by atoms with Crippen LogP contribution in [0.4, 0.5) is 0 Å². The number of morpholine rings is 1. The number of aromatic nitrogens is 1. The van der Waals surface area contributed by atoms with Crippen molar-refractivity contribution in [1.29, 1.82) is 0 Å². The molecule has 7 heteroatoms. The molecule has 1 aromatic heterocycles. The molecular formula is C13H15BrN2O4. The minimum Gasteiger partial charge on any atom is -0.479 e. The van der Waals surface area contributed by atoms with E-state index in [2.05, 4.69) is 20.9 Å². The number of aliphatic carboxylic acids is 1. The number of carboxylic acid groups (broad SMARTS) is 1. The van der Waals surface area contributed by atoms with E-state index < -0.39 is 18.1 Å². The quantitative estimate of drug-likeness (QED) is 0.898. The summed E-state index contributed by atoms with van der Waals surface area (Å²) >= 11 is 3.31. The summed E-state index contributed by atoms with van der Waals surface area (Å²) in [5.74, 6) is -1.28. The first-order chi connectivity index (χ1) is 9.54. The first-order valence-electron chi connectivity index (χ1n) is 6.29. The van der Waals surface area contributed by atoms with Gasteiger partial charge in [0, 0.05) is 23.4 Å². The second-order valence-electron chi connectivity index (χ2n) is 4.54. The van der Waals surface area contributed by atoms with Gasteiger partial charge in [-0.1, -0.05) is 6.92 Å². The molecule has 1 saturated heterocycles. The Labute approximate surface area is 124 Å². The maximum Gasteiger partial charge on any atom is 0.335 e. The van der Waals surface area contributed by atoms with Crippen LogP contribution in [0.15, 0.2) is 22.9 Å². The van der Waals surface area contributed by atoms with Gasteiger partial charge in [-0.05, 0) is 34.0 Å². The van der Waals surface area contributed by atoms with Crippen LogP contribution in [0, 0.1) is 0 Å². The average Bonchev–Trinajstić information content (AvgIpc) is 2.40. The Hall–Kier alpha value is -1.47. The number of halogens is 1. The molecule has 2 atom stereocenters. The number of hydrogen-bond donors (Lipinski definition) is 1. The Balaban J connectivity index is 2.42. The summed E-state index contributed by atoms with van der Waals surface area (Å²) in [6.45, 7) is 2.23. The summed E-state index contributed by atoms with van der Waals surface area (Å²) in [4.78, 5) is 29.0. The molecule has 1 fully saturated rings. The summed E-state index contributed by atoms with van der Waals surface area (Å²) in [6.07, 6.45) is 2.84. The fourth-order valence-corrected chi connectivity index (χ4v) is 2.69. The molecule has 2 unspecified atom stereocenters. The number of amides is 1. The molecule has 0 radical (unpaired) electrons. The molecule has 1 aromatic rings. The highest BCUT2D eigenvalue weighted by Gasteiger charge is 2.41. The van der Waals surface area contributed by atoms with Crippen LogP contribution in [0.25, 0.3) is 0 Å². The van der Waals surface area contributed by atoms with E-state index in [1.807, 2.05) is 6.92 Å². The van der Waals surface area contributed by atoms with E-state index in [0.717, 1.165) is 10.9 Å². The summed E-state index contributed by atoms with van der Waals surface area (Å²) in [6, 6.07) is 1.11. The van der Waals surface area contributed by atoms with Crippen molar-refractivity contribution in [2.45, 2.75) is 25.5 Å². The molecule has 108 valence electrons. The van der Waals surface area contributed by atoms with Gasteiger partial charge in [-0.25, -0.2) is 4.79 Å². The van der Waals surface area contributed by atoms with Crippen LogP contribution in [0.5, 0.6) is 0 Å². The Morgan fingerprint density at radius 2 is 2.35 bits per heavy atom. The lowest BCUT2D eigenvalue weighted by molar-refractivity contribution is -0.173. The maximum absolute atomic E-state index is 12.0. The zero-order valence-electron chi connectivity index (χ0n) is 11.0. The highest BCUT2D eigenvalue weighted by Crippen LogP contribution is 2.31. The Morgan fingerprint density at radius 3 is 2.95 bits per heavy atom. The van der Waals surface area contributed by atoms with Crippen molar-refractivity contribution >= 4 is 27.8 Å². The van der Waals surface area contributed by atoms with Gasteiger partial charge in [0.1, 0.15) is 6.61 Å². The van der Waals surface area contributed by atoms with Crippen LogP contribution >= 0.6 is 15.9 Å². The van der Waals surface area contributed by atoms with Crippen molar-refractivity contribution in [1.82, 2.24) is 9.88 Å². The van der Waals surface area contributed by atoms with Gasteiger partial charge >= 0.3 is 5.97 Å². The van der Waals surface area contributed by atoms with Crippen LogP contribution in [-0.2, 0) is 14.3 Å². The first kappa shape index (κ1) is 14.9. The van der Waals surface area contributed by atoms with Gasteiger partial charge in [-0.3, -0.25) is 9.78 Å². The minimum atomic E-state index is -1.08. The van der Waals surface area contributed by atoms with Crippen LogP contribution in [0.2, 0.25) is 0 Å². The van der Waals surface area contributed by atoms with Crippen LogP contribution in [0.1, 0.15) is 24.9 Å². The fourth-order valence-electron chi connectivity index (χ4n) is 2.31. The molecule has 0 aliphatic carbocycles. The molecule has 0 aromatic carbocycles.